The standard InChI is InChI=1S/C15H13N3O3S/c19-7-11(15(20)21)18-13-10-6-12(9-4-2-1-3-5-9)22-14(10)17-8-16-13/h1-6,8,11,19H,7H2,(H,20,21)(H,16,17,18)/t11-/m1/s1. The summed E-state index contributed by atoms with van der Waals surface area (Å²) in [5.74, 6) is -0.724. The van der Waals surface area contributed by atoms with Gasteiger partial charge in [0.25, 0.3) is 0 Å². The number of aliphatic carboxylic acids is 1. The van der Waals surface area contributed by atoms with E-state index < -0.39 is 18.6 Å². The molecule has 2 aromatic heterocycles. The van der Waals surface area contributed by atoms with Gasteiger partial charge in [0.15, 0.2) is 0 Å². The monoisotopic (exact) mass is 315 g/mol. The Morgan fingerprint density at radius 2 is 2.05 bits per heavy atom. The normalized spacial score (nSPS) is 12.2. The number of aliphatic hydroxyl groups excluding tert-OH is 1. The Labute approximate surface area is 130 Å². The maximum Gasteiger partial charge on any atom is 0.328 e. The van der Waals surface area contributed by atoms with Gasteiger partial charge < -0.3 is 15.5 Å². The lowest BCUT2D eigenvalue weighted by Crippen LogP contribution is -2.33. The molecule has 0 spiro atoms. The molecule has 0 aliphatic heterocycles. The summed E-state index contributed by atoms with van der Waals surface area (Å²) >= 11 is 1.51. The number of rotatable bonds is 5. The number of carboxylic acids is 1. The molecule has 22 heavy (non-hydrogen) atoms. The van der Waals surface area contributed by atoms with E-state index in [0.717, 1.165) is 20.7 Å². The minimum atomic E-state index is -1.13. The molecule has 0 amide bonds. The van der Waals surface area contributed by atoms with Crippen molar-refractivity contribution in [2.24, 2.45) is 0 Å². The highest BCUT2D eigenvalue weighted by Gasteiger charge is 2.18. The van der Waals surface area contributed by atoms with Crippen LogP contribution in [0.4, 0.5) is 5.82 Å². The molecule has 0 bridgehead atoms. The summed E-state index contributed by atoms with van der Waals surface area (Å²) < 4.78 is 0. The molecule has 0 radical (unpaired) electrons. The molecule has 3 rings (SSSR count). The molecule has 6 nitrogen and oxygen atoms in total. The SMILES string of the molecule is O=C(O)[C@@H](CO)Nc1ncnc2sc(-c3ccccc3)cc12. The minimum Gasteiger partial charge on any atom is -0.480 e. The molecular formula is C15H13N3O3S. The zero-order valence-electron chi connectivity index (χ0n) is 11.4. The molecule has 0 aliphatic carbocycles. The van der Waals surface area contributed by atoms with E-state index in [1.54, 1.807) is 0 Å². The second-order valence-electron chi connectivity index (χ2n) is 4.64. The van der Waals surface area contributed by atoms with Gasteiger partial charge in [-0.25, -0.2) is 14.8 Å². The van der Waals surface area contributed by atoms with Crippen LogP contribution in [0.5, 0.6) is 0 Å². The topological polar surface area (TPSA) is 95.3 Å². The fraction of sp³-hybridized carbons (Fsp3) is 0.133. The number of fused-ring (bicyclic) bond motifs is 1. The maximum atomic E-state index is 11.0. The Morgan fingerprint density at radius 3 is 2.73 bits per heavy atom. The molecule has 3 N–H and O–H groups in total. The van der Waals surface area contributed by atoms with Crippen LogP contribution < -0.4 is 5.32 Å². The Morgan fingerprint density at radius 1 is 1.27 bits per heavy atom. The van der Waals surface area contributed by atoms with Gasteiger partial charge in [-0.3, -0.25) is 0 Å². The molecule has 1 atom stereocenters. The van der Waals surface area contributed by atoms with Gasteiger partial charge in [0.05, 0.1) is 12.0 Å². The van der Waals surface area contributed by atoms with Crippen LogP contribution in [0.3, 0.4) is 0 Å². The number of aromatic nitrogens is 2. The molecule has 0 saturated carbocycles. The summed E-state index contributed by atoms with van der Waals surface area (Å²) in [4.78, 5) is 21.1. The largest absolute Gasteiger partial charge is 0.480 e. The van der Waals surface area contributed by atoms with Crippen LogP contribution in [-0.2, 0) is 4.79 Å². The van der Waals surface area contributed by atoms with E-state index in [-0.39, 0.29) is 0 Å². The number of nitrogens with one attached hydrogen (secondary N) is 1. The Balaban J connectivity index is 2.02. The highest BCUT2D eigenvalue weighted by atomic mass is 32.1. The molecule has 7 heteroatoms. The van der Waals surface area contributed by atoms with Crippen LogP contribution in [0.25, 0.3) is 20.7 Å². The van der Waals surface area contributed by atoms with Crippen molar-refractivity contribution in [2.45, 2.75) is 6.04 Å². The maximum absolute atomic E-state index is 11.0. The molecule has 0 aliphatic rings. The third-order valence-corrected chi connectivity index (χ3v) is 4.27. The highest BCUT2D eigenvalue weighted by molar-refractivity contribution is 7.21. The van der Waals surface area contributed by atoms with E-state index in [2.05, 4.69) is 15.3 Å². The van der Waals surface area contributed by atoms with Crippen LogP contribution in [-0.4, -0.2) is 38.8 Å². The fourth-order valence-corrected chi connectivity index (χ4v) is 3.07. The van der Waals surface area contributed by atoms with Crippen molar-refractivity contribution in [2.75, 3.05) is 11.9 Å². The van der Waals surface area contributed by atoms with Crippen molar-refractivity contribution >= 4 is 33.3 Å². The zero-order chi connectivity index (χ0) is 15.5. The number of benzene rings is 1. The third kappa shape index (κ3) is 2.76. The van der Waals surface area contributed by atoms with Crippen molar-refractivity contribution < 1.29 is 15.0 Å². The van der Waals surface area contributed by atoms with Gasteiger partial charge in [-0.15, -0.1) is 11.3 Å². The van der Waals surface area contributed by atoms with Gasteiger partial charge in [-0.2, -0.15) is 0 Å². The predicted octanol–water partition coefficient (Wildman–Crippen LogP) is 2.22. The van der Waals surface area contributed by atoms with E-state index in [4.69, 9.17) is 10.2 Å². The minimum absolute atomic E-state index is 0.407. The van der Waals surface area contributed by atoms with Crippen LogP contribution in [0.1, 0.15) is 0 Å². The van der Waals surface area contributed by atoms with Crippen molar-refractivity contribution in [3.05, 3.63) is 42.7 Å². The van der Waals surface area contributed by atoms with Gasteiger partial charge in [0.2, 0.25) is 0 Å². The highest BCUT2D eigenvalue weighted by Crippen LogP contribution is 2.34. The molecule has 0 saturated heterocycles. The molecule has 3 aromatic rings. The second kappa shape index (κ2) is 6.08. The number of aliphatic hydroxyl groups is 1. The lowest BCUT2D eigenvalue weighted by molar-refractivity contribution is -0.138. The summed E-state index contributed by atoms with van der Waals surface area (Å²) in [6, 6.07) is 10.7. The van der Waals surface area contributed by atoms with E-state index >= 15 is 0 Å². The number of carboxylic acid groups (broad SMARTS) is 1. The quantitative estimate of drug-likeness (QED) is 0.668. The first kappa shape index (κ1) is 14.4. The number of nitrogens with zero attached hydrogens (tertiary/aromatic N) is 2. The number of thiophene rings is 1. The number of carbonyl (C=O) groups is 1. The summed E-state index contributed by atoms with van der Waals surface area (Å²) in [5.41, 5.74) is 1.06. The molecule has 2 heterocycles. The van der Waals surface area contributed by atoms with E-state index in [9.17, 15) is 4.79 Å². The predicted molar refractivity (Wildman–Crippen MR) is 85.0 cm³/mol. The Bertz CT molecular complexity index is 804. The number of hydrogen-bond donors (Lipinski definition) is 3. The Kier molecular flexibility index (Phi) is 3.99. The fourth-order valence-electron chi connectivity index (χ4n) is 2.07. The van der Waals surface area contributed by atoms with Crippen molar-refractivity contribution in [1.29, 1.82) is 0 Å². The second-order valence-corrected chi connectivity index (χ2v) is 5.67. The average molecular weight is 315 g/mol. The first-order valence-corrected chi connectivity index (χ1v) is 7.41. The van der Waals surface area contributed by atoms with Crippen LogP contribution in [0, 0.1) is 0 Å². The van der Waals surface area contributed by atoms with Gasteiger partial charge in [0.1, 0.15) is 23.0 Å². The van der Waals surface area contributed by atoms with Crippen molar-refractivity contribution in [3.8, 4) is 10.4 Å². The first-order valence-electron chi connectivity index (χ1n) is 6.59. The van der Waals surface area contributed by atoms with Gasteiger partial charge >= 0.3 is 5.97 Å². The first-order chi connectivity index (χ1) is 10.7. The lowest BCUT2D eigenvalue weighted by atomic mass is 10.2. The van der Waals surface area contributed by atoms with E-state index in [1.165, 1.54) is 17.7 Å². The van der Waals surface area contributed by atoms with Gasteiger partial charge in [0, 0.05) is 4.88 Å². The van der Waals surface area contributed by atoms with Gasteiger partial charge in [-0.1, -0.05) is 30.3 Å². The van der Waals surface area contributed by atoms with E-state index in [1.807, 2.05) is 36.4 Å². The average Bonchev–Trinajstić information content (AvgIpc) is 2.98. The molecule has 0 fully saturated rings. The molecule has 1 aromatic carbocycles. The summed E-state index contributed by atoms with van der Waals surface area (Å²) in [7, 11) is 0. The molecule has 112 valence electrons. The summed E-state index contributed by atoms with van der Waals surface area (Å²) in [5, 5.41) is 21.6. The Hall–Kier alpha value is -2.51. The lowest BCUT2D eigenvalue weighted by Gasteiger charge is -2.12. The number of anilines is 1. The van der Waals surface area contributed by atoms with Crippen LogP contribution in [0.2, 0.25) is 0 Å². The zero-order valence-corrected chi connectivity index (χ0v) is 12.2. The molecule has 0 unspecified atom stereocenters. The van der Waals surface area contributed by atoms with Crippen LogP contribution in [0.15, 0.2) is 42.7 Å². The van der Waals surface area contributed by atoms with Crippen molar-refractivity contribution in [1.82, 2.24) is 9.97 Å². The van der Waals surface area contributed by atoms with E-state index in [0.29, 0.717) is 5.82 Å². The molecular weight excluding hydrogens is 302 g/mol. The summed E-state index contributed by atoms with van der Waals surface area (Å²) in [6.07, 6.45) is 1.38. The van der Waals surface area contributed by atoms with Gasteiger partial charge in [-0.05, 0) is 11.6 Å². The smallest absolute Gasteiger partial charge is 0.328 e. The van der Waals surface area contributed by atoms with Crippen molar-refractivity contribution in [3.63, 3.8) is 0 Å². The summed E-state index contributed by atoms with van der Waals surface area (Å²) in [6.45, 7) is -0.517. The third-order valence-electron chi connectivity index (χ3n) is 3.18. The number of hydrogen-bond acceptors (Lipinski definition) is 6. The van der Waals surface area contributed by atoms with Crippen LogP contribution >= 0.6 is 11.3 Å².